The van der Waals surface area contributed by atoms with Crippen molar-refractivity contribution in [2.45, 2.75) is 26.3 Å². The highest BCUT2D eigenvalue weighted by atomic mass is 35.5. The van der Waals surface area contributed by atoms with Crippen LogP contribution < -0.4 is 10.5 Å². The van der Waals surface area contributed by atoms with Crippen molar-refractivity contribution in [2.24, 2.45) is 0 Å². The van der Waals surface area contributed by atoms with Crippen molar-refractivity contribution >= 4 is 17.3 Å². The summed E-state index contributed by atoms with van der Waals surface area (Å²) in [5.74, 6) is 0.967. The quantitative estimate of drug-likeness (QED) is 0.610. The molecule has 9 heteroatoms. The van der Waals surface area contributed by atoms with E-state index in [1.165, 1.54) is 4.68 Å². The SMILES string of the molecule is Cc1c(N2CCOCC2)cnn(Cc2nc(CCc3ccc(Cl)cc3)no2)c1=O. The zero-order valence-electron chi connectivity index (χ0n) is 16.2. The molecule has 0 saturated carbocycles. The van der Waals surface area contributed by atoms with Gasteiger partial charge in [0.25, 0.3) is 5.56 Å². The molecule has 0 radical (unpaired) electrons. The van der Waals surface area contributed by atoms with Crippen LogP contribution in [-0.2, 0) is 24.1 Å². The van der Waals surface area contributed by atoms with E-state index in [-0.39, 0.29) is 12.1 Å². The van der Waals surface area contributed by atoms with Gasteiger partial charge in [0, 0.05) is 30.1 Å². The Morgan fingerprint density at radius 2 is 1.90 bits per heavy atom. The van der Waals surface area contributed by atoms with Crippen molar-refractivity contribution in [2.75, 3.05) is 31.2 Å². The predicted molar refractivity (Wildman–Crippen MR) is 109 cm³/mol. The lowest BCUT2D eigenvalue weighted by molar-refractivity contribution is 0.122. The Morgan fingerprint density at radius 3 is 2.66 bits per heavy atom. The van der Waals surface area contributed by atoms with Gasteiger partial charge in [-0.25, -0.2) is 4.68 Å². The van der Waals surface area contributed by atoms with Crippen molar-refractivity contribution in [3.63, 3.8) is 0 Å². The molecule has 152 valence electrons. The molecule has 0 amide bonds. The molecule has 8 nitrogen and oxygen atoms in total. The molecular formula is C20H22ClN5O3. The lowest BCUT2D eigenvalue weighted by Crippen LogP contribution is -2.38. The lowest BCUT2D eigenvalue weighted by atomic mass is 10.1. The summed E-state index contributed by atoms with van der Waals surface area (Å²) in [5.41, 5.74) is 2.50. The number of benzene rings is 1. The van der Waals surface area contributed by atoms with Crippen LogP contribution in [0.2, 0.25) is 5.02 Å². The highest BCUT2D eigenvalue weighted by molar-refractivity contribution is 6.30. The number of hydrogen-bond donors (Lipinski definition) is 0. The molecular weight excluding hydrogens is 394 g/mol. The van der Waals surface area contributed by atoms with Gasteiger partial charge in [-0.2, -0.15) is 10.1 Å². The molecule has 29 heavy (non-hydrogen) atoms. The molecule has 0 N–H and O–H groups in total. The third-order valence-corrected chi connectivity index (χ3v) is 5.21. The lowest BCUT2D eigenvalue weighted by Gasteiger charge is -2.29. The number of morpholine rings is 1. The van der Waals surface area contributed by atoms with Gasteiger partial charge in [-0.05, 0) is 31.0 Å². The molecule has 3 heterocycles. The fraction of sp³-hybridized carbons (Fsp3) is 0.400. The molecule has 4 rings (SSSR count). The second-order valence-corrected chi connectivity index (χ2v) is 7.38. The molecule has 1 saturated heterocycles. The van der Waals surface area contributed by atoms with Crippen LogP contribution in [0.4, 0.5) is 5.69 Å². The van der Waals surface area contributed by atoms with E-state index in [0.717, 1.165) is 30.8 Å². The Hall–Kier alpha value is -2.71. The van der Waals surface area contributed by atoms with Crippen molar-refractivity contribution in [1.82, 2.24) is 19.9 Å². The number of nitrogens with zero attached hydrogens (tertiary/aromatic N) is 5. The van der Waals surface area contributed by atoms with Gasteiger partial charge in [0.05, 0.1) is 25.1 Å². The van der Waals surface area contributed by atoms with Crippen LogP contribution in [0.5, 0.6) is 0 Å². The zero-order valence-corrected chi connectivity index (χ0v) is 16.9. The third kappa shape index (κ3) is 4.65. The molecule has 1 aromatic carbocycles. The fourth-order valence-electron chi connectivity index (χ4n) is 3.30. The topological polar surface area (TPSA) is 86.3 Å². The first-order valence-corrected chi connectivity index (χ1v) is 9.93. The predicted octanol–water partition coefficient (Wildman–Crippen LogP) is 2.26. The summed E-state index contributed by atoms with van der Waals surface area (Å²) >= 11 is 5.91. The van der Waals surface area contributed by atoms with Gasteiger partial charge < -0.3 is 14.2 Å². The molecule has 2 aromatic heterocycles. The van der Waals surface area contributed by atoms with Crippen molar-refractivity contribution in [1.29, 1.82) is 0 Å². The summed E-state index contributed by atoms with van der Waals surface area (Å²) in [7, 11) is 0. The number of aryl methyl sites for hydroxylation is 2. The van der Waals surface area contributed by atoms with Crippen LogP contribution in [0.3, 0.4) is 0 Å². The van der Waals surface area contributed by atoms with Crippen molar-refractivity contribution in [3.8, 4) is 0 Å². The Balaban J connectivity index is 1.42. The van der Waals surface area contributed by atoms with Gasteiger partial charge in [0.15, 0.2) is 5.82 Å². The maximum atomic E-state index is 12.7. The van der Waals surface area contributed by atoms with Crippen LogP contribution in [0.15, 0.2) is 39.8 Å². The van der Waals surface area contributed by atoms with Crippen LogP contribution in [0.25, 0.3) is 0 Å². The third-order valence-electron chi connectivity index (χ3n) is 4.96. The summed E-state index contributed by atoms with van der Waals surface area (Å²) < 4.78 is 12.0. The second-order valence-electron chi connectivity index (χ2n) is 6.95. The van der Waals surface area contributed by atoms with Crippen LogP contribution in [0, 0.1) is 6.92 Å². The van der Waals surface area contributed by atoms with E-state index in [2.05, 4.69) is 20.1 Å². The number of aromatic nitrogens is 4. The molecule has 0 unspecified atom stereocenters. The summed E-state index contributed by atoms with van der Waals surface area (Å²) in [6.45, 7) is 4.79. The zero-order chi connectivity index (χ0) is 20.2. The average molecular weight is 416 g/mol. The van der Waals surface area contributed by atoms with Crippen molar-refractivity contribution in [3.05, 3.63) is 68.7 Å². The van der Waals surface area contributed by atoms with E-state index in [9.17, 15) is 4.79 Å². The Labute approximate surface area is 173 Å². The van der Waals surface area contributed by atoms with Crippen LogP contribution in [-0.4, -0.2) is 46.2 Å². The molecule has 1 fully saturated rings. The standard InChI is InChI=1S/C20H22ClN5O3/c1-14-17(25-8-10-28-11-9-25)12-22-26(20(14)27)13-19-23-18(24-29-19)7-4-15-2-5-16(21)6-3-15/h2-3,5-6,12H,4,7-11,13H2,1H3. The van der Waals surface area contributed by atoms with Crippen LogP contribution >= 0.6 is 11.6 Å². The van der Waals surface area contributed by atoms with Crippen molar-refractivity contribution < 1.29 is 9.26 Å². The monoisotopic (exact) mass is 415 g/mol. The number of hydrogen-bond acceptors (Lipinski definition) is 7. The number of anilines is 1. The van der Waals surface area contributed by atoms with Gasteiger partial charge in [-0.1, -0.05) is 28.9 Å². The summed E-state index contributed by atoms with van der Waals surface area (Å²) in [6.07, 6.45) is 3.14. The first kappa shape index (κ1) is 19.6. The smallest absolute Gasteiger partial charge is 0.272 e. The number of rotatable bonds is 6. The highest BCUT2D eigenvalue weighted by Crippen LogP contribution is 2.17. The Morgan fingerprint density at radius 1 is 1.14 bits per heavy atom. The van der Waals surface area contributed by atoms with Gasteiger partial charge in [0.1, 0.15) is 6.54 Å². The minimum Gasteiger partial charge on any atom is -0.378 e. The minimum absolute atomic E-state index is 0.150. The van der Waals surface area contributed by atoms with Gasteiger partial charge in [0.2, 0.25) is 5.89 Å². The van der Waals surface area contributed by atoms with Gasteiger partial charge >= 0.3 is 0 Å². The Bertz CT molecular complexity index is 1030. The fourth-order valence-corrected chi connectivity index (χ4v) is 3.43. The molecule has 0 spiro atoms. The largest absolute Gasteiger partial charge is 0.378 e. The molecule has 0 atom stereocenters. The van der Waals surface area contributed by atoms with E-state index >= 15 is 0 Å². The van der Waals surface area contributed by atoms with E-state index < -0.39 is 0 Å². The summed E-state index contributed by atoms with van der Waals surface area (Å²) in [5, 5.41) is 9.02. The second kappa shape index (κ2) is 8.75. The van der Waals surface area contributed by atoms with E-state index in [4.69, 9.17) is 20.9 Å². The van der Waals surface area contributed by atoms with Gasteiger partial charge in [-0.15, -0.1) is 0 Å². The number of halogens is 1. The average Bonchev–Trinajstić information content (AvgIpc) is 3.19. The summed E-state index contributed by atoms with van der Waals surface area (Å²) in [4.78, 5) is 19.2. The van der Waals surface area contributed by atoms with Gasteiger partial charge in [-0.3, -0.25) is 4.79 Å². The molecule has 1 aliphatic heterocycles. The number of ether oxygens (including phenoxy) is 1. The van der Waals surface area contributed by atoms with E-state index in [0.29, 0.717) is 41.9 Å². The van der Waals surface area contributed by atoms with Crippen LogP contribution in [0.1, 0.15) is 22.8 Å². The Kier molecular flexibility index (Phi) is 5.92. The maximum Gasteiger partial charge on any atom is 0.272 e. The minimum atomic E-state index is -0.157. The summed E-state index contributed by atoms with van der Waals surface area (Å²) in [6, 6.07) is 7.68. The highest BCUT2D eigenvalue weighted by Gasteiger charge is 2.17. The first-order chi connectivity index (χ1) is 14.1. The normalized spacial score (nSPS) is 14.3. The van der Waals surface area contributed by atoms with E-state index in [1.807, 2.05) is 31.2 Å². The molecule has 1 aliphatic rings. The molecule has 0 aliphatic carbocycles. The molecule has 0 bridgehead atoms. The van der Waals surface area contributed by atoms with E-state index in [1.54, 1.807) is 6.20 Å². The molecule has 3 aromatic rings. The first-order valence-electron chi connectivity index (χ1n) is 9.55. The maximum absolute atomic E-state index is 12.7.